The van der Waals surface area contributed by atoms with E-state index in [-0.39, 0.29) is 5.75 Å². The van der Waals surface area contributed by atoms with Crippen molar-refractivity contribution in [1.82, 2.24) is 0 Å². The molecule has 0 aliphatic rings. The molecule has 1 nitrogen and oxygen atoms in total. The molecule has 0 bridgehead atoms. The second-order valence-corrected chi connectivity index (χ2v) is 3.89. The summed E-state index contributed by atoms with van der Waals surface area (Å²) in [6, 6.07) is 5.30. The highest BCUT2D eigenvalue weighted by atomic mass is 35.5. The zero-order valence-corrected chi connectivity index (χ0v) is 9.94. The number of ether oxygens (including phenoxy) is 1. The molecule has 1 aromatic rings. The third-order valence-electron chi connectivity index (χ3n) is 2.26. The number of hydrogen-bond donors (Lipinski definition) is 0. The Labute approximate surface area is 99.4 Å². The van der Waals surface area contributed by atoms with Crippen LogP contribution in [0.5, 0.6) is 5.75 Å². The molecule has 90 valence electrons. The molecule has 0 aliphatic heterocycles. The molecular formula is C12H15ClF2O. The molecule has 0 fully saturated rings. The summed E-state index contributed by atoms with van der Waals surface area (Å²) >= 11 is 5.60. The second kappa shape index (κ2) is 6.69. The first-order valence-corrected chi connectivity index (χ1v) is 5.82. The van der Waals surface area contributed by atoms with Gasteiger partial charge in [-0.15, -0.1) is 11.6 Å². The first-order valence-electron chi connectivity index (χ1n) is 5.29. The summed E-state index contributed by atoms with van der Waals surface area (Å²) in [5.74, 6) is 0.806. The summed E-state index contributed by atoms with van der Waals surface area (Å²) in [5.41, 5.74) is 2.00. The summed E-state index contributed by atoms with van der Waals surface area (Å²) in [4.78, 5) is 0. The van der Waals surface area contributed by atoms with Gasteiger partial charge in [0.25, 0.3) is 0 Å². The fourth-order valence-electron chi connectivity index (χ4n) is 1.52. The maximum Gasteiger partial charge on any atom is 0.387 e. The van der Waals surface area contributed by atoms with Gasteiger partial charge in [-0.25, -0.2) is 0 Å². The summed E-state index contributed by atoms with van der Waals surface area (Å²) in [6.45, 7) is -0.791. The lowest BCUT2D eigenvalue weighted by atomic mass is 10.0. The van der Waals surface area contributed by atoms with Crippen molar-refractivity contribution in [1.29, 1.82) is 0 Å². The first-order chi connectivity index (χ1) is 7.65. The Balaban J connectivity index is 2.82. The van der Waals surface area contributed by atoms with Gasteiger partial charge in [0.15, 0.2) is 0 Å². The highest BCUT2D eigenvalue weighted by Crippen LogP contribution is 2.21. The van der Waals surface area contributed by atoms with Crippen LogP contribution in [0.3, 0.4) is 0 Å². The summed E-state index contributed by atoms with van der Waals surface area (Å²) in [6.07, 6.45) is 2.42. The van der Waals surface area contributed by atoms with Crippen LogP contribution >= 0.6 is 11.6 Å². The van der Waals surface area contributed by atoms with Crippen molar-refractivity contribution in [2.75, 3.05) is 5.88 Å². The van der Waals surface area contributed by atoms with Gasteiger partial charge in [0, 0.05) is 5.88 Å². The van der Waals surface area contributed by atoms with E-state index in [2.05, 4.69) is 4.74 Å². The summed E-state index contributed by atoms with van der Waals surface area (Å²) in [5, 5.41) is 0. The molecule has 0 unspecified atom stereocenters. The lowest BCUT2D eigenvalue weighted by Gasteiger charge is -2.09. The Morgan fingerprint density at radius 1 is 1.25 bits per heavy atom. The van der Waals surface area contributed by atoms with Crippen LogP contribution < -0.4 is 4.74 Å². The molecule has 0 atom stereocenters. The van der Waals surface area contributed by atoms with E-state index >= 15 is 0 Å². The van der Waals surface area contributed by atoms with Gasteiger partial charge < -0.3 is 4.74 Å². The van der Waals surface area contributed by atoms with Crippen LogP contribution in [0.4, 0.5) is 8.78 Å². The molecular weight excluding hydrogens is 234 g/mol. The summed E-state index contributed by atoms with van der Waals surface area (Å²) < 4.78 is 28.6. The molecule has 0 N–H and O–H groups in total. The van der Waals surface area contributed by atoms with Crippen LogP contribution in [0.1, 0.15) is 24.5 Å². The maximum absolute atomic E-state index is 12.1. The second-order valence-electron chi connectivity index (χ2n) is 3.51. The Morgan fingerprint density at radius 3 is 2.50 bits per heavy atom. The quantitative estimate of drug-likeness (QED) is 0.691. The molecule has 16 heavy (non-hydrogen) atoms. The summed E-state index contributed by atoms with van der Waals surface area (Å²) in [7, 11) is 0. The Bertz CT molecular complexity index is 329. The van der Waals surface area contributed by atoms with Crippen molar-refractivity contribution in [2.45, 2.75) is 32.8 Å². The van der Waals surface area contributed by atoms with Crippen LogP contribution in [0, 0.1) is 0 Å². The lowest BCUT2D eigenvalue weighted by Crippen LogP contribution is -2.03. The van der Waals surface area contributed by atoms with Crippen molar-refractivity contribution in [3.63, 3.8) is 0 Å². The Hall–Kier alpha value is -0.830. The molecule has 0 saturated heterocycles. The SMILES string of the molecule is CCc1cc(CCCCl)cc(OC(F)F)c1. The largest absolute Gasteiger partial charge is 0.435 e. The van der Waals surface area contributed by atoms with Gasteiger partial charge in [0.2, 0.25) is 0 Å². The average Bonchev–Trinajstić information content (AvgIpc) is 2.25. The minimum Gasteiger partial charge on any atom is -0.435 e. The number of alkyl halides is 3. The predicted molar refractivity (Wildman–Crippen MR) is 61.5 cm³/mol. The van der Waals surface area contributed by atoms with Crippen LogP contribution in [0.25, 0.3) is 0 Å². The zero-order valence-electron chi connectivity index (χ0n) is 9.18. The highest BCUT2D eigenvalue weighted by molar-refractivity contribution is 6.17. The zero-order chi connectivity index (χ0) is 12.0. The fourth-order valence-corrected chi connectivity index (χ4v) is 1.65. The maximum atomic E-state index is 12.1. The predicted octanol–water partition coefficient (Wildman–Crippen LogP) is 4.02. The van der Waals surface area contributed by atoms with Gasteiger partial charge in [-0.2, -0.15) is 8.78 Å². The van der Waals surface area contributed by atoms with E-state index in [0.29, 0.717) is 5.88 Å². The Morgan fingerprint density at radius 2 is 1.94 bits per heavy atom. The number of rotatable bonds is 6. The first kappa shape index (κ1) is 13.2. The molecule has 0 aliphatic carbocycles. The van der Waals surface area contributed by atoms with Crippen molar-refractivity contribution < 1.29 is 13.5 Å². The van der Waals surface area contributed by atoms with Crippen LogP contribution in [0.15, 0.2) is 18.2 Å². The standard InChI is InChI=1S/C12H15ClF2O/c1-2-9-6-10(4-3-5-13)8-11(7-9)16-12(14)15/h6-8,12H,2-5H2,1H3. The molecule has 0 heterocycles. The average molecular weight is 249 g/mol. The van der Waals surface area contributed by atoms with Crippen molar-refractivity contribution in [3.8, 4) is 5.75 Å². The topological polar surface area (TPSA) is 9.23 Å². The number of aryl methyl sites for hydroxylation is 2. The highest BCUT2D eigenvalue weighted by Gasteiger charge is 2.06. The van der Waals surface area contributed by atoms with Crippen LogP contribution in [-0.2, 0) is 12.8 Å². The number of hydrogen-bond acceptors (Lipinski definition) is 1. The molecule has 1 aromatic carbocycles. The molecule has 0 saturated carbocycles. The van der Waals surface area contributed by atoms with Gasteiger partial charge in [-0.3, -0.25) is 0 Å². The monoisotopic (exact) mass is 248 g/mol. The normalized spacial score (nSPS) is 10.8. The van der Waals surface area contributed by atoms with Crippen LogP contribution in [-0.4, -0.2) is 12.5 Å². The smallest absolute Gasteiger partial charge is 0.387 e. The van der Waals surface area contributed by atoms with Gasteiger partial charge in [-0.1, -0.05) is 13.0 Å². The minimum absolute atomic E-state index is 0.235. The van der Waals surface area contributed by atoms with E-state index in [4.69, 9.17) is 11.6 Å². The van der Waals surface area contributed by atoms with E-state index in [1.54, 1.807) is 12.1 Å². The molecule has 1 rings (SSSR count). The van der Waals surface area contributed by atoms with Crippen LogP contribution in [0.2, 0.25) is 0 Å². The van der Waals surface area contributed by atoms with Crippen molar-refractivity contribution in [3.05, 3.63) is 29.3 Å². The van der Waals surface area contributed by atoms with E-state index in [1.165, 1.54) is 0 Å². The number of halogens is 3. The van der Waals surface area contributed by atoms with E-state index < -0.39 is 6.61 Å². The van der Waals surface area contributed by atoms with Gasteiger partial charge in [0.1, 0.15) is 5.75 Å². The van der Waals surface area contributed by atoms with Crippen molar-refractivity contribution in [2.24, 2.45) is 0 Å². The lowest BCUT2D eigenvalue weighted by molar-refractivity contribution is -0.0499. The third-order valence-corrected chi connectivity index (χ3v) is 2.53. The molecule has 4 heteroatoms. The fraction of sp³-hybridized carbons (Fsp3) is 0.500. The van der Waals surface area contributed by atoms with E-state index in [9.17, 15) is 8.78 Å². The van der Waals surface area contributed by atoms with E-state index in [0.717, 1.165) is 30.4 Å². The minimum atomic E-state index is -2.77. The molecule has 0 radical (unpaired) electrons. The van der Waals surface area contributed by atoms with Gasteiger partial charge in [-0.05, 0) is 42.5 Å². The molecule has 0 spiro atoms. The molecule has 0 amide bonds. The van der Waals surface area contributed by atoms with Gasteiger partial charge >= 0.3 is 6.61 Å². The van der Waals surface area contributed by atoms with Gasteiger partial charge in [0.05, 0.1) is 0 Å². The molecule has 0 aromatic heterocycles. The number of benzene rings is 1. The van der Waals surface area contributed by atoms with E-state index in [1.807, 2.05) is 13.0 Å². The Kier molecular flexibility index (Phi) is 5.53. The van der Waals surface area contributed by atoms with Crippen molar-refractivity contribution >= 4 is 11.6 Å². The third kappa shape index (κ3) is 4.35.